The number of hydrogen-bond acceptors (Lipinski definition) is 1. The van der Waals surface area contributed by atoms with E-state index in [9.17, 15) is 4.39 Å². The van der Waals surface area contributed by atoms with E-state index in [0.29, 0.717) is 16.4 Å². The van der Waals surface area contributed by atoms with E-state index in [-0.39, 0.29) is 11.9 Å². The topological polar surface area (TPSA) is 15.3 Å². The first-order valence-corrected chi connectivity index (χ1v) is 7.31. The zero-order valence-corrected chi connectivity index (χ0v) is 13.2. The van der Waals surface area contributed by atoms with Crippen molar-refractivity contribution < 1.29 is 4.39 Å². The highest BCUT2D eigenvalue weighted by Crippen LogP contribution is 2.20. The van der Waals surface area contributed by atoms with Crippen LogP contribution < -0.4 is 10.2 Å². The summed E-state index contributed by atoms with van der Waals surface area (Å²) in [5, 5.41) is 3.66. The average Bonchev–Trinajstić information content (AvgIpc) is 2.44. The molecule has 2 aromatic rings. The van der Waals surface area contributed by atoms with Crippen molar-refractivity contribution in [3.8, 4) is 0 Å². The van der Waals surface area contributed by atoms with Crippen molar-refractivity contribution in [1.29, 1.82) is 0 Å². The molecule has 2 nitrogen and oxygen atoms in total. The van der Waals surface area contributed by atoms with E-state index in [4.69, 9.17) is 12.2 Å². The van der Waals surface area contributed by atoms with E-state index >= 15 is 0 Å². The van der Waals surface area contributed by atoms with Gasteiger partial charge < -0.3 is 10.2 Å². The van der Waals surface area contributed by atoms with E-state index in [1.807, 2.05) is 41.3 Å². The second kappa shape index (κ2) is 6.68. The Morgan fingerprint density at radius 3 is 2.38 bits per heavy atom. The molecule has 0 amide bonds. The first kappa shape index (κ1) is 15.4. The molecule has 0 spiro atoms. The number of halogens is 1. The highest BCUT2D eigenvalue weighted by molar-refractivity contribution is 7.80. The molecule has 0 saturated heterocycles. The van der Waals surface area contributed by atoms with Gasteiger partial charge in [0.05, 0.1) is 0 Å². The molecular formula is C17H19FN2S. The van der Waals surface area contributed by atoms with Crippen LogP contribution in [0.5, 0.6) is 0 Å². The Labute approximate surface area is 130 Å². The fraction of sp³-hybridized carbons (Fsp3) is 0.235. The Kier molecular flexibility index (Phi) is 4.91. The molecule has 0 aliphatic rings. The Bertz CT molecular complexity index is 626. The second-order valence-electron chi connectivity index (χ2n) is 5.19. The number of hydrogen-bond donors (Lipinski definition) is 1. The van der Waals surface area contributed by atoms with E-state index in [0.717, 1.165) is 5.69 Å². The summed E-state index contributed by atoms with van der Waals surface area (Å²) in [5.74, 6) is -0.237. The molecule has 110 valence electrons. The minimum Gasteiger partial charge on any atom is -0.332 e. The van der Waals surface area contributed by atoms with Gasteiger partial charge in [0.2, 0.25) is 0 Å². The van der Waals surface area contributed by atoms with E-state index in [2.05, 4.69) is 19.2 Å². The average molecular weight is 302 g/mol. The maximum absolute atomic E-state index is 13.6. The molecule has 2 aromatic carbocycles. The van der Waals surface area contributed by atoms with Crippen LogP contribution in [0.25, 0.3) is 0 Å². The monoisotopic (exact) mass is 302 g/mol. The zero-order chi connectivity index (χ0) is 15.4. The van der Waals surface area contributed by atoms with Crippen LogP contribution in [0.1, 0.15) is 19.4 Å². The van der Waals surface area contributed by atoms with Gasteiger partial charge in [-0.1, -0.05) is 24.3 Å². The smallest absolute Gasteiger partial charge is 0.178 e. The van der Waals surface area contributed by atoms with Crippen LogP contribution in [-0.2, 0) is 0 Å². The lowest BCUT2D eigenvalue weighted by Gasteiger charge is -2.29. The summed E-state index contributed by atoms with van der Waals surface area (Å²) in [4.78, 5) is 2.01. The number of anilines is 2. The first-order valence-electron chi connectivity index (χ1n) is 6.90. The maximum Gasteiger partial charge on any atom is 0.178 e. The lowest BCUT2D eigenvalue weighted by molar-refractivity contribution is 0.619. The fourth-order valence-electron chi connectivity index (χ4n) is 2.09. The predicted molar refractivity (Wildman–Crippen MR) is 91.4 cm³/mol. The zero-order valence-electron chi connectivity index (χ0n) is 12.4. The quantitative estimate of drug-likeness (QED) is 0.824. The number of nitrogens with one attached hydrogen (secondary N) is 1. The van der Waals surface area contributed by atoms with Crippen molar-refractivity contribution in [2.75, 3.05) is 10.2 Å². The van der Waals surface area contributed by atoms with Crippen molar-refractivity contribution >= 4 is 28.7 Å². The molecule has 0 atom stereocenters. The molecule has 2 rings (SSSR count). The normalized spacial score (nSPS) is 10.5. The van der Waals surface area contributed by atoms with Gasteiger partial charge in [0.15, 0.2) is 5.11 Å². The van der Waals surface area contributed by atoms with Gasteiger partial charge in [0, 0.05) is 17.4 Å². The summed E-state index contributed by atoms with van der Waals surface area (Å²) >= 11 is 5.48. The number of aryl methyl sites for hydroxylation is 1. The van der Waals surface area contributed by atoms with Crippen LogP contribution >= 0.6 is 12.2 Å². The molecular weight excluding hydrogens is 283 g/mol. The standard InChI is InChI=1S/C17H19FN2S/c1-12(2)20(15-7-5-4-6-8-15)17(21)19-14-10-9-13(3)16(18)11-14/h4-12H,1-3H3,(H,19,21). The van der Waals surface area contributed by atoms with Crippen molar-refractivity contribution in [2.24, 2.45) is 0 Å². The minimum atomic E-state index is -0.237. The van der Waals surface area contributed by atoms with Crippen LogP contribution in [0.3, 0.4) is 0 Å². The molecule has 0 bridgehead atoms. The highest BCUT2D eigenvalue weighted by Gasteiger charge is 2.15. The van der Waals surface area contributed by atoms with Crippen LogP contribution in [-0.4, -0.2) is 11.2 Å². The first-order chi connectivity index (χ1) is 9.99. The Hall–Kier alpha value is -1.94. The van der Waals surface area contributed by atoms with Crippen molar-refractivity contribution in [3.05, 3.63) is 59.9 Å². The summed E-state index contributed by atoms with van der Waals surface area (Å²) < 4.78 is 13.6. The Balaban J connectivity index is 2.21. The highest BCUT2D eigenvalue weighted by atomic mass is 32.1. The van der Waals surface area contributed by atoms with E-state index in [1.165, 1.54) is 6.07 Å². The molecule has 0 aromatic heterocycles. The molecule has 0 unspecified atom stereocenters. The van der Waals surface area contributed by atoms with Crippen LogP contribution in [0, 0.1) is 12.7 Å². The second-order valence-corrected chi connectivity index (χ2v) is 5.58. The van der Waals surface area contributed by atoms with Gasteiger partial charge in [0.25, 0.3) is 0 Å². The minimum absolute atomic E-state index is 0.197. The van der Waals surface area contributed by atoms with Gasteiger partial charge in [-0.3, -0.25) is 0 Å². The molecule has 0 aliphatic heterocycles. The summed E-state index contributed by atoms with van der Waals surface area (Å²) in [5.41, 5.74) is 2.29. The third-order valence-corrected chi connectivity index (χ3v) is 3.49. The predicted octanol–water partition coefficient (Wildman–Crippen LogP) is 4.75. The lowest BCUT2D eigenvalue weighted by atomic mass is 10.2. The molecule has 0 radical (unpaired) electrons. The van der Waals surface area contributed by atoms with Crippen molar-refractivity contribution in [1.82, 2.24) is 0 Å². The van der Waals surface area contributed by atoms with Gasteiger partial charge in [-0.2, -0.15) is 0 Å². The summed E-state index contributed by atoms with van der Waals surface area (Å²) in [6, 6.07) is 15.1. The molecule has 1 N–H and O–H groups in total. The van der Waals surface area contributed by atoms with Gasteiger partial charge in [0.1, 0.15) is 5.82 Å². The number of rotatable bonds is 3. The van der Waals surface area contributed by atoms with E-state index in [1.54, 1.807) is 13.0 Å². The molecule has 0 saturated carbocycles. The van der Waals surface area contributed by atoms with Crippen molar-refractivity contribution in [2.45, 2.75) is 26.8 Å². The fourth-order valence-corrected chi connectivity index (χ4v) is 2.53. The third-order valence-electron chi connectivity index (χ3n) is 3.19. The van der Waals surface area contributed by atoms with Crippen molar-refractivity contribution in [3.63, 3.8) is 0 Å². The molecule has 0 fully saturated rings. The summed E-state index contributed by atoms with van der Waals surface area (Å²) in [7, 11) is 0. The molecule has 4 heteroatoms. The molecule has 0 aliphatic carbocycles. The van der Waals surface area contributed by atoms with Gasteiger partial charge in [-0.15, -0.1) is 0 Å². The number of thiocarbonyl (C=S) groups is 1. The van der Waals surface area contributed by atoms with Crippen LogP contribution in [0.4, 0.5) is 15.8 Å². The number of benzene rings is 2. The number of para-hydroxylation sites is 1. The van der Waals surface area contributed by atoms with Crippen LogP contribution in [0.15, 0.2) is 48.5 Å². The Morgan fingerprint density at radius 2 is 1.81 bits per heavy atom. The van der Waals surface area contributed by atoms with E-state index < -0.39 is 0 Å². The Morgan fingerprint density at radius 1 is 1.14 bits per heavy atom. The van der Waals surface area contributed by atoms with Crippen LogP contribution in [0.2, 0.25) is 0 Å². The van der Waals surface area contributed by atoms with Gasteiger partial charge in [-0.05, 0) is 62.8 Å². The van der Waals surface area contributed by atoms with Gasteiger partial charge in [-0.25, -0.2) is 4.39 Å². The number of nitrogens with zero attached hydrogens (tertiary/aromatic N) is 1. The summed E-state index contributed by atoms with van der Waals surface area (Å²) in [6.45, 7) is 5.87. The summed E-state index contributed by atoms with van der Waals surface area (Å²) in [6.07, 6.45) is 0. The molecule has 0 heterocycles. The largest absolute Gasteiger partial charge is 0.332 e. The lowest BCUT2D eigenvalue weighted by Crippen LogP contribution is -2.40. The van der Waals surface area contributed by atoms with Gasteiger partial charge >= 0.3 is 0 Å². The molecule has 21 heavy (non-hydrogen) atoms. The third kappa shape index (κ3) is 3.79. The maximum atomic E-state index is 13.6. The SMILES string of the molecule is Cc1ccc(NC(=S)N(c2ccccc2)C(C)C)cc1F.